The van der Waals surface area contributed by atoms with E-state index in [1.165, 1.54) is 18.9 Å². The van der Waals surface area contributed by atoms with Crippen LogP contribution in [0.1, 0.15) is 32.3 Å². The van der Waals surface area contributed by atoms with Crippen molar-refractivity contribution < 1.29 is 4.39 Å². The monoisotopic (exact) mass is 236 g/mol. The summed E-state index contributed by atoms with van der Waals surface area (Å²) in [5, 5.41) is 0. The maximum absolute atomic E-state index is 13.7. The molecule has 0 bridgehead atoms. The molecule has 2 nitrogen and oxygen atoms in total. The van der Waals surface area contributed by atoms with Crippen LogP contribution >= 0.6 is 0 Å². The molecule has 1 fully saturated rings. The quantitative estimate of drug-likeness (QED) is 0.851. The van der Waals surface area contributed by atoms with Gasteiger partial charge in [0.15, 0.2) is 0 Å². The fourth-order valence-corrected chi connectivity index (χ4v) is 2.18. The molecule has 0 saturated heterocycles. The fraction of sp³-hybridized carbons (Fsp3) is 0.571. The van der Waals surface area contributed by atoms with Crippen LogP contribution in [0.25, 0.3) is 0 Å². The summed E-state index contributed by atoms with van der Waals surface area (Å²) in [6.07, 6.45) is 2.60. The van der Waals surface area contributed by atoms with Gasteiger partial charge in [0.2, 0.25) is 0 Å². The Labute approximate surface area is 103 Å². The van der Waals surface area contributed by atoms with Crippen LogP contribution in [-0.2, 0) is 6.54 Å². The van der Waals surface area contributed by atoms with Crippen molar-refractivity contribution in [2.75, 3.05) is 11.4 Å². The molecule has 1 aliphatic carbocycles. The van der Waals surface area contributed by atoms with Crippen molar-refractivity contribution in [3.8, 4) is 0 Å². The molecule has 0 heterocycles. The van der Waals surface area contributed by atoms with E-state index < -0.39 is 0 Å². The number of anilines is 1. The zero-order valence-electron chi connectivity index (χ0n) is 10.6. The van der Waals surface area contributed by atoms with Crippen molar-refractivity contribution in [3.05, 3.63) is 29.6 Å². The predicted molar refractivity (Wildman–Crippen MR) is 69.5 cm³/mol. The molecule has 3 heteroatoms. The Morgan fingerprint density at radius 3 is 2.65 bits per heavy atom. The van der Waals surface area contributed by atoms with Crippen LogP contribution < -0.4 is 10.6 Å². The Bertz CT molecular complexity index is 386. The van der Waals surface area contributed by atoms with E-state index in [1.54, 1.807) is 6.07 Å². The minimum atomic E-state index is -0.188. The van der Waals surface area contributed by atoms with Crippen molar-refractivity contribution in [3.63, 3.8) is 0 Å². The first-order valence-corrected chi connectivity index (χ1v) is 6.37. The molecular formula is C14H21FN2. The van der Waals surface area contributed by atoms with Crippen molar-refractivity contribution in [2.45, 2.75) is 39.3 Å². The normalized spacial score (nSPS) is 15.4. The Kier molecular flexibility index (Phi) is 3.67. The first-order valence-electron chi connectivity index (χ1n) is 6.37. The number of rotatable bonds is 5. The van der Waals surface area contributed by atoms with Crippen LogP contribution in [0, 0.1) is 11.7 Å². The van der Waals surface area contributed by atoms with E-state index in [1.807, 2.05) is 6.07 Å². The van der Waals surface area contributed by atoms with Gasteiger partial charge in [-0.1, -0.05) is 6.07 Å². The molecule has 0 aliphatic heterocycles. The summed E-state index contributed by atoms with van der Waals surface area (Å²) in [4.78, 5) is 2.28. The highest BCUT2D eigenvalue weighted by Gasteiger charge is 2.27. The molecular weight excluding hydrogens is 215 g/mol. The summed E-state index contributed by atoms with van der Waals surface area (Å²) in [6, 6.07) is 5.61. The standard InChI is InChI=1S/C14H21FN2/c1-10(2)17(9-11-6-7-11)14-5-3-4-13(15)12(14)8-16/h3-5,10-11H,6-9,16H2,1-2H3. The van der Waals surface area contributed by atoms with Crippen molar-refractivity contribution >= 4 is 5.69 Å². The molecule has 17 heavy (non-hydrogen) atoms. The van der Waals surface area contributed by atoms with Crippen LogP contribution in [0.5, 0.6) is 0 Å². The summed E-state index contributed by atoms with van der Waals surface area (Å²) >= 11 is 0. The maximum atomic E-state index is 13.7. The first kappa shape index (κ1) is 12.4. The third-order valence-electron chi connectivity index (χ3n) is 3.38. The molecule has 0 radical (unpaired) electrons. The second kappa shape index (κ2) is 5.05. The largest absolute Gasteiger partial charge is 0.368 e. The summed E-state index contributed by atoms with van der Waals surface area (Å²) in [6.45, 7) is 5.57. The molecule has 0 unspecified atom stereocenters. The number of nitrogens with zero attached hydrogens (tertiary/aromatic N) is 1. The van der Waals surface area contributed by atoms with Crippen LogP contribution in [-0.4, -0.2) is 12.6 Å². The summed E-state index contributed by atoms with van der Waals surface area (Å²) in [5.74, 6) is 0.595. The highest BCUT2D eigenvalue weighted by molar-refractivity contribution is 5.55. The SMILES string of the molecule is CC(C)N(CC1CC1)c1cccc(F)c1CN. The molecule has 1 aliphatic rings. The zero-order valence-corrected chi connectivity index (χ0v) is 10.6. The van der Waals surface area contributed by atoms with Gasteiger partial charge in [0, 0.05) is 30.4 Å². The Morgan fingerprint density at radius 2 is 2.12 bits per heavy atom. The van der Waals surface area contributed by atoms with E-state index >= 15 is 0 Å². The molecule has 0 amide bonds. The first-order chi connectivity index (χ1) is 8.13. The van der Waals surface area contributed by atoms with E-state index in [-0.39, 0.29) is 12.4 Å². The molecule has 1 saturated carbocycles. The Morgan fingerprint density at radius 1 is 1.41 bits per heavy atom. The van der Waals surface area contributed by atoms with E-state index in [0.717, 1.165) is 18.2 Å². The summed E-state index contributed by atoms with van der Waals surface area (Å²) in [5.41, 5.74) is 7.28. The maximum Gasteiger partial charge on any atom is 0.129 e. The van der Waals surface area contributed by atoms with Gasteiger partial charge in [0.25, 0.3) is 0 Å². The Hall–Kier alpha value is -1.09. The van der Waals surface area contributed by atoms with Gasteiger partial charge in [-0.3, -0.25) is 0 Å². The second-order valence-electron chi connectivity index (χ2n) is 5.13. The highest BCUT2D eigenvalue weighted by Crippen LogP contribution is 2.33. The van der Waals surface area contributed by atoms with Gasteiger partial charge in [-0.15, -0.1) is 0 Å². The second-order valence-corrected chi connectivity index (χ2v) is 5.13. The van der Waals surface area contributed by atoms with Gasteiger partial charge in [-0.2, -0.15) is 0 Å². The Balaban J connectivity index is 2.30. The van der Waals surface area contributed by atoms with Gasteiger partial charge in [-0.05, 0) is 44.7 Å². The molecule has 2 N–H and O–H groups in total. The average Bonchev–Trinajstić information content (AvgIpc) is 3.09. The van der Waals surface area contributed by atoms with Gasteiger partial charge < -0.3 is 10.6 Å². The summed E-state index contributed by atoms with van der Waals surface area (Å²) in [7, 11) is 0. The molecule has 0 aromatic heterocycles. The number of halogens is 1. The van der Waals surface area contributed by atoms with Crippen LogP contribution in [0.4, 0.5) is 10.1 Å². The lowest BCUT2D eigenvalue weighted by atomic mass is 10.1. The lowest BCUT2D eigenvalue weighted by molar-refractivity contribution is 0.599. The molecule has 0 spiro atoms. The number of benzene rings is 1. The lowest BCUT2D eigenvalue weighted by Gasteiger charge is -2.31. The van der Waals surface area contributed by atoms with E-state index in [0.29, 0.717) is 11.6 Å². The topological polar surface area (TPSA) is 29.3 Å². The van der Waals surface area contributed by atoms with Crippen LogP contribution in [0.3, 0.4) is 0 Å². The van der Waals surface area contributed by atoms with Gasteiger partial charge in [0.05, 0.1) is 0 Å². The fourth-order valence-electron chi connectivity index (χ4n) is 2.18. The van der Waals surface area contributed by atoms with Crippen molar-refractivity contribution in [1.82, 2.24) is 0 Å². The van der Waals surface area contributed by atoms with Crippen molar-refractivity contribution in [1.29, 1.82) is 0 Å². The minimum absolute atomic E-state index is 0.188. The number of hydrogen-bond acceptors (Lipinski definition) is 2. The number of hydrogen-bond donors (Lipinski definition) is 1. The molecule has 94 valence electrons. The zero-order chi connectivity index (χ0) is 12.4. The van der Waals surface area contributed by atoms with Crippen LogP contribution in [0.2, 0.25) is 0 Å². The van der Waals surface area contributed by atoms with E-state index in [2.05, 4.69) is 18.7 Å². The van der Waals surface area contributed by atoms with Crippen molar-refractivity contribution in [2.24, 2.45) is 11.7 Å². The molecule has 1 aromatic rings. The third kappa shape index (κ3) is 2.78. The van der Waals surface area contributed by atoms with E-state index in [4.69, 9.17) is 5.73 Å². The van der Waals surface area contributed by atoms with Gasteiger partial charge in [0.1, 0.15) is 5.82 Å². The average molecular weight is 236 g/mol. The third-order valence-corrected chi connectivity index (χ3v) is 3.38. The predicted octanol–water partition coefficient (Wildman–Crippen LogP) is 2.91. The lowest BCUT2D eigenvalue weighted by Crippen LogP contribution is -2.34. The van der Waals surface area contributed by atoms with Gasteiger partial charge >= 0.3 is 0 Å². The highest BCUT2D eigenvalue weighted by atomic mass is 19.1. The number of nitrogens with two attached hydrogens (primary N) is 1. The van der Waals surface area contributed by atoms with Gasteiger partial charge in [-0.25, -0.2) is 4.39 Å². The molecule has 1 aromatic carbocycles. The van der Waals surface area contributed by atoms with E-state index in [9.17, 15) is 4.39 Å². The summed E-state index contributed by atoms with van der Waals surface area (Å²) < 4.78 is 13.7. The van der Waals surface area contributed by atoms with Crippen LogP contribution in [0.15, 0.2) is 18.2 Å². The minimum Gasteiger partial charge on any atom is -0.368 e. The molecule has 0 atom stereocenters. The molecule has 2 rings (SSSR count). The smallest absolute Gasteiger partial charge is 0.129 e.